The van der Waals surface area contributed by atoms with E-state index in [1.165, 1.54) is 0 Å². The Morgan fingerprint density at radius 2 is 1.50 bits per heavy atom. The Morgan fingerprint density at radius 1 is 0.909 bits per heavy atom. The summed E-state index contributed by atoms with van der Waals surface area (Å²) in [5.41, 5.74) is 0. The van der Waals surface area contributed by atoms with Gasteiger partial charge in [0.25, 0.3) is 0 Å². The number of aliphatic carboxylic acids is 1. The van der Waals surface area contributed by atoms with Gasteiger partial charge in [-0.15, -0.1) is 0 Å². The summed E-state index contributed by atoms with van der Waals surface area (Å²) < 4.78 is 22.4. The Labute approximate surface area is 140 Å². The summed E-state index contributed by atoms with van der Waals surface area (Å²) in [5, 5.41) is 8.50. The Morgan fingerprint density at radius 3 is 2.09 bits per heavy atom. The fraction of sp³-hybridized carbons (Fsp3) is 0.550. The molecule has 0 aromatic carbocycles. The summed E-state index contributed by atoms with van der Waals surface area (Å²) in [6.07, 6.45) is 21.3. The Kier molecular flexibility index (Phi) is 12.2. The number of carboxylic acid groups (broad SMARTS) is 1. The molecule has 0 aliphatic carbocycles. The van der Waals surface area contributed by atoms with E-state index in [-0.39, 0.29) is 26.1 Å². The van der Waals surface area contributed by atoms with Crippen molar-refractivity contribution in [2.45, 2.75) is 71.1 Å². The van der Waals surface area contributed by atoms with E-state index in [9.17, 15) is 4.79 Å². The van der Waals surface area contributed by atoms with Crippen LogP contribution in [0.4, 0.5) is 0 Å². The van der Waals surface area contributed by atoms with E-state index in [1.807, 2.05) is 18.2 Å². The van der Waals surface area contributed by atoms with Gasteiger partial charge in [-0.05, 0) is 44.9 Å². The summed E-state index contributed by atoms with van der Waals surface area (Å²) in [7, 11) is 0. The number of allylic oxidation sites excluding steroid dienone is 8. The van der Waals surface area contributed by atoms with Crippen LogP contribution < -0.4 is 0 Å². The average molecular weight is 307 g/mol. The van der Waals surface area contributed by atoms with Crippen LogP contribution in [0.3, 0.4) is 0 Å². The molecule has 0 aliphatic rings. The van der Waals surface area contributed by atoms with E-state index in [1.54, 1.807) is 0 Å². The number of hydrogen-bond acceptors (Lipinski definition) is 1. The number of hydrogen-bond donors (Lipinski definition) is 1. The van der Waals surface area contributed by atoms with Gasteiger partial charge >= 0.3 is 5.97 Å². The van der Waals surface area contributed by atoms with Crippen molar-refractivity contribution in [2.75, 3.05) is 0 Å². The first-order chi connectivity index (χ1) is 12.1. The smallest absolute Gasteiger partial charge is 0.303 e. The topological polar surface area (TPSA) is 37.3 Å². The first kappa shape index (κ1) is 15.3. The number of carbonyl (C=O) groups is 1. The molecule has 2 nitrogen and oxygen atoms in total. The third-order valence-electron chi connectivity index (χ3n) is 2.89. The number of rotatable bonds is 14. The summed E-state index contributed by atoms with van der Waals surface area (Å²) >= 11 is 0. The van der Waals surface area contributed by atoms with Gasteiger partial charge in [0, 0.05) is 10.5 Å². The number of carboxylic acids is 1. The monoisotopic (exact) mass is 307 g/mol. The quantitative estimate of drug-likeness (QED) is 0.305. The largest absolute Gasteiger partial charge is 0.481 e. The Hall–Kier alpha value is -1.57. The molecule has 0 aromatic rings. The van der Waals surface area contributed by atoms with Crippen molar-refractivity contribution >= 4 is 5.97 Å². The molecule has 0 radical (unpaired) electrons. The first-order valence-corrected chi connectivity index (χ1v) is 8.03. The van der Waals surface area contributed by atoms with Crippen LogP contribution in [0, 0.1) is 0 Å². The maximum absolute atomic E-state index is 10.3. The van der Waals surface area contributed by atoms with Crippen LogP contribution in [0.2, 0.25) is 0 Å². The summed E-state index contributed by atoms with van der Waals surface area (Å²) in [4.78, 5) is 10.3. The van der Waals surface area contributed by atoms with Crippen molar-refractivity contribution in [2.24, 2.45) is 0 Å². The fourth-order valence-corrected chi connectivity index (χ4v) is 1.69. The summed E-state index contributed by atoms with van der Waals surface area (Å²) in [5.74, 6) is -0.737. The maximum atomic E-state index is 10.3. The molecule has 0 aromatic heterocycles. The number of unbranched alkanes of at least 4 members (excludes halogenated alkanes) is 1. The standard InChI is InChI=1S/C20H32O2/c1-2-3-4-5-6-7-8-9-10-11-12-13-14-15-16-17-18-19-20(21)22/h6-7,9-10,12-13,15-16H,2-5,8,11,14,17-19H2,1H3,(H,21,22)/b7-6-,10-9-,13-12-,16-15-/i1D,2D,5D/t2?,5-/m1/s1. The molecule has 124 valence electrons. The van der Waals surface area contributed by atoms with Crippen LogP contribution in [0.1, 0.15) is 75.2 Å². The predicted molar refractivity (Wildman–Crippen MR) is 96.0 cm³/mol. The molecule has 0 fully saturated rings. The highest BCUT2D eigenvalue weighted by molar-refractivity contribution is 5.66. The molecule has 0 aliphatic heterocycles. The second-order valence-electron chi connectivity index (χ2n) is 4.94. The molecule has 0 saturated heterocycles. The Bertz CT molecular complexity index is 442. The van der Waals surface area contributed by atoms with Gasteiger partial charge in [0.2, 0.25) is 0 Å². The second kappa shape index (κ2) is 17.5. The molecule has 1 N–H and O–H groups in total. The van der Waals surface area contributed by atoms with Crippen molar-refractivity contribution < 1.29 is 14.0 Å². The van der Waals surface area contributed by atoms with E-state index in [0.717, 1.165) is 25.7 Å². The molecule has 0 bridgehead atoms. The minimum atomic E-state index is -0.737. The van der Waals surface area contributed by atoms with Crippen LogP contribution in [-0.2, 0) is 4.79 Å². The van der Waals surface area contributed by atoms with Crippen LogP contribution in [0.15, 0.2) is 48.6 Å². The molecule has 2 atom stereocenters. The van der Waals surface area contributed by atoms with E-state index in [4.69, 9.17) is 9.22 Å². The first-order valence-electron chi connectivity index (χ1n) is 9.89. The lowest BCUT2D eigenvalue weighted by atomic mass is 10.2. The molecule has 0 amide bonds. The minimum absolute atomic E-state index is 0.118. The molecule has 0 spiro atoms. The van der Waals surface area contributed by atoms with Crippen molar-refractivity contribution in [3.63, 3.8) is 0 Å². The zero-order valence-corrected chi connectivity index (χ0v) is 13.5. The average Bonchev–Trinajstić information content (AvgIpc) is 2.59. The van der Waals surface area contributed by atoms with Gasteiger partial charge in [0.15, 0.2) is 0 Å². The molecule has 0 heterocycles. The van der Waals surface area contributed by atoms with Crippen LogP contribution in [-0.4, -0.2) is 11.1 Å². The zero-order chi connectivity index (χ0) is 18.8. The van der Waals surface area contributed by atoms with Crippen molar-refractivity contribution in [3.8, 4) is 0 Å². The molecule has 0 rings (SSSR count). The highest BCUT2D eigenvalue weighted by atomic mass is 16.4. The highest BCUT2D eigenvalue weighted by Gasteiger charge is 1.92. The van der Waals surface area contributed by atoms with E-state index in [0.29, 0.717) is 19.3 Å². The van der Waals surface area contributed by atoms with Crippen molar-refractivity contribution in [1.29, 1.82) is 0 Å². The fourth-order valence-electron chi connectivity index (χ4n) is 1.69. The lowest BCUT2D eigenvalue weighted by Crippen LogP contribution is -1.92. The van der Waals surface area contributed by atoms with Crippen LogP contribution >= 0.6 is 0 Å². The molecule has 1 unspecified atom stereocenters. The third kappa shape index (κ3) is 18.4. The molecular weight excluding hydrogens is 272 g/mol. The third-order valence-corrected chi connectivity index (χ3v) is 2.89. The van der Waals surface area contributed by atoms with Gasteiger partial charge in [-0.1, -0.05) is 68.3 Å². The Balaban J connectivity index is 3.60. The molecule has 22 heavy (non-hydrogen) atoms. The lowest BCUT2D eigenvalue weighted by molar-refractivity contribution is -0.137. The van der Waals surface area contributed by atoms with Gasteiger partial charge in [0.05, 0.1) is 0 Å². The van der Waals surface area contributed by atoms with Crippen molar-refractivity contribution in [1.82, 2.24) is 0 Å². The van der Waals surface area contributed by atoms with E-state index in [2.05, 4.69) is 30.4 Å². The van der Waals surface area contributed by atoms with Crippen LogP contribution in [0.5, 0.6) is 0 Å². The van der Waals surface area contributed by atoms with Gasteiger partial charge in [-0.3, -0.25) is 4.79 Å². The van der Waals surface area contributed by atoms with Crippen molar-refractivity contribution in [3.05, 3.63) is 48.6 Å². The second-order valence-corrected chi connectivity index (χ2v) is 4.94. The maximum Gasteiger partial charge on any atom is 0.303 e. The van der Waals surface area contributed by atoms with Gasteiger partial charge in [-0.2, -0.15) is 0 Å². The molecule has 0 saturated carbocycles. The van der Waals surface area contributed by atoms with E-state index >= 15 is 0 Å². The summed E-state index contributed by atoms with van der Waals surface area (Å²) in [6, 6.07) is 0. The van der Waals surface area contributed by atoms with Crippen LogP contribution in [0.25, 0.3) is 0 Å². The zero-order valence-electron chi connectivity index (χ0n) is 16.5. The van der Waals surface area contributed by atoms with Gasteiger partial charge < -0.3 is 5.11 Å². The van der Waals surface area contributed by atoms with E-state index < -0.39 is 5.97 Å². The predicted octanol–water partition coefficient (Wildman–Crippen LogP) is 6.22. The molecular formula is C20H32O2. The normalized spacial score (nSPS) is 17.2. The molecule has 2 heteroatoms. The van der Waals surface area contributed by atoms with Gasteiger partial charge in [-0.25, -0.2) is 0 Å². The minimum Gasteiger partial charge on any atom is -0.481 e. The summed E-state index contributed by atoms with van der Waals surface area (Å²) in [6.45, 7) is 0.118. The highest BCUT2D eigenvalue weighted by Crippen LogP contribution is 2.01. The lowest BCUT2D eigenvalue weighted by Gasteiger charge is -1.90. The SMILES string of the molecule is [2H]CC([2H])CC[C@@H]([2H])/C=C\C/C=C\C/C=C\C/C=C\CCCC(=O)O. The van der Waals surface area contributed by atoms with Gasteiger partial charge in [0.1, 0.15) is 0 Å².